The van der Waals surface area contributed by atoms with Gasteiger partial charge in [-0.15, -0.1) is 0 Å². The lowest BCUT2D eigenvalue weighted by Crippen LogP contribution is -2.52. The molecule has 2 nitrogen and oxygen atoms in total. The van der Waals surface area contributed by atoms with Gasteiger partial charge in [-0.05, 0) is 37.8 Å². The molecule has 3 aliphatic rings. The molecular weight excluding hydrogens is 188 g/mol. The third kappa shape index (κ3) is 0.876. The van der Waals surface area contributed by atoms with E-state index in [1.807, 2.05) is 18.2 Å². The molecule has 0 aromatic rings. The van der Waals surface area contributed by atoms with E-state index in [0.29, 0.717) is 0 Å². The fourth-order valence-electron chi connectivity index (χ4n) is 3.22. The predicted molar refractivity (Wildman–Crippen MR) is 58.2 cm³/mol. The Hall–Kier alpha value is -0.860. The molecule has 0 aromatic carbocycles. The molecule has 15 heavy (non-hydrogen) atoms. The van der Waals surface area contributed by atoms with E-state index in [-0.39, 0.29) is 5.41 Å². The third-order valence-electron chi connectivity index (χ3n) is 4.52. The van der Waals surface area contributed by atoms with Crippen molar-refractivity contribution in [1.82, 2.24) is 0 Å². The highest BCUT2D eigenvalue weighted by Gasteiger charge is 2.63. The quantitative estimate of drug-likeness (QED) is 0.630. The van der Waals surface area contributed by atoms with E-state index >= 15 is 0 Å². The first kappa shape index (κ1) is 9.37. The Morgan fingerprint density at radius 2 is 2.07 bits per heavy atom. The van der Waals surface area contributed by atoms with Gasteiger partial charge in [0.2, 0.25) is 0 Å². The van der Waals surface area contributed by atoms with Crippen LogP contribution in [0, 0.1) is 5.41 Å². The fraction of sp³-hybridized carbons (Fsp3) is 0.538. The number of aliphatic hydroxyl groups excluding tert-OH is 1. The highest BCUT2D eigenvalue weighted by atomic mass is 16.3. The largest absolute Gasteiger partial charge is 0.386 e. The summed E-state index contributed by atoms with van der Waals surface area (Å²) in [6.07, 6.45) is 7.15. The normalized spacial score (nSPS) is 40.8. The lowest BCUT2D eigenvalue weighted by molar-refractivity contribution is -0.0886. The summed E-state index contributed by atoms with van der Waals surface area (Å²) >= 11 is 0. The lowest BCUT2D eigenvalue weighted by Gasteiger charge is -2.44. The van der Waals surface area contributed by atoms with Gasteiger partial charge in [0.05, 0.1) is 0 Å². The Bertz CT molecular complexity index is 420. The van der Waals surface area contributed by atoms with Crippen molar-refractivity contribution in [2.75, 3.05) is 0 Å². The van der Waals surface area contributed by atoms with Crippen molar-refractivity contribution in [2.45, 2.75) is 38.4 Å². The van der Waals surface area contributed by atoms with Gasteiger partial charge in [0.15, 0.2) is 0 Å². The van der Waals surface area contributed by atoms with Gasteiger partial charge in [-0.1, -0.05) is 23.8 Å². The SMILES string of the molecule is CC1=C2C=CC=C2[C@@H](O)[C@](C)(O)C12CC2. The third-order valence-corrected chi connectivity index (χ3v) is 4.52. The Labute approximate surface area is 89.6 Å². The van der Waals surface area contributed by atoms with Gasteiger partial charge in [0.25, 0.3) is 0 Å². The van der Waals surface area contributed by atoms with Gasteiger partial charge < -0.3 is 10.2 Å². The maximum absolute atomic E-state index is 10.5. The van der Waals surface area contributed by atoms with E-state index in [9.17, 15) is 10.2 Å². The molecular formula is C13H16O2. The first-order valence-corrected chi connectivity index (χ1v) is 5.51. The lowest BCUT2D eigenvalue weighted by atomic mass is 9.67. The number of fused-ring (bicyclic) bond motifs is 1. The topological polar surface area (TPSA) is 40.5 Å². The zero-order chi connectivity index (χ0) is 10.8. The number of aliphatic hydroxyl groups is 2. The summed E-state index contributed by atoms with van der Waals surface area (Å²) in [6, 6.07) is 0. The molecule has 0 bridgehead atoms. The minimum Gasteiger partial charge on any atom is -0.386 e. The van der Waals surface area contributed by atoms with Crippen molar-refractivity contribution in [3.05, 3.63) is 34.9 Å². The van der Waals surface area contributed by atoms with Gasteiger partial charge in [-0.3, -0.25) is 0 Å². The molecule has 2 N–H and O–H groups in total. The van der Waals surface area contributed by atoms with Crippen molar-refractivity contribution in [3.8, 4) is 0 Å². The molecule has 1 spiro atoms. The molecule has 0 saturated heterocycles. The highest BCUT2D eigenvalue weighted by Crippen LogP contribution is 2.64. The van der Waals surface area contributed by atoms with Crippen LogP contribution < -0.4 is 0 Å². The molecule has 0 aromatic heterocycles. The van der Waals surface area contributed by atoms with Crippen LogP contribution >= 0.6 is 0 Å². The Kier molecular flexibility index (Phi) is 1.53. The first-order valence-electron chi connectivity index (χ1n) is 5.51. The molecule has 80 valence electrons. The van der Waals surface area contributed by atoms with E-state index in [1.54, 1.807) is 6.92 Å². The number of hydrogen-bond acceptors (Lipinski definition) is 2. The molecule has 0 radical (unpaired) electrons. The van der Waals surface area contributed by atoms with Gasteiger partial charge in [0, 0.05) is 5.41 Å². The van der Waals surface area contributed by atoms with Crippen LogP contribution in [0.5, 0.6) is 0 Å². The molecule has 0 amide bonds. The van der Waals surface area contributed by atoms with E-state index in [1.165, 1.54) is 5.57 Å². The van der Waals surface area contributed by atoms with Gasteiger partial charge >= 0.3 is 0 Å². The van der Waals surface area contributed by atoms with Crippen LogP contribution in [0.3, 0.4) is 0 Å². The minimum absolute atomic E-state index is 0.159. The van der Waals surface area contributed by atoms with E-state index in [2.05, 4.69) is 6.92 Å². The Morgan fingerprint density at radius 3 is 2.67 bits per heavy atom. The van der Waals surface area contributed by atoms with Crippen molar-refractivity contribution in [2.24, 2.45) is 5.41 Å². The monoisotopic (exact) mass is 204 g/mol. The first-order chi connectivity index (χ1) is 7.01. The predicted octanol–water partition coefficient (Wildman–Crippen LogP) is 1.70. The minimum atomic E-state index is -1.00. The van der Waals surface area contributed by atoms with Gasteiger partial charge in [0.1, 0.15) is 11.7 Å². The molecule has 3 rings (SSSR count). The van der Waals surface area contributed by atoms with Crippen LogP contribution in [0.2, 0.25) is 0 Å². The molecule has 0 heterocycles. The second-order valence-corrected chi connectivity index (χ2v) is 5.15. The maximum Gasteiger partial charge on any atom is 0.109 e. The molecule has 2 atom stereocenters. The Balaban J connectivity index is 2.24. The molecule has 2 heteroatoms. The van der Waals surface area contributed by atoms with Crippen molar-refractivity contribution < 1.29 is 10.2 Å². The number of hydrogen-bond donors (Lipinski definition) is 2. The zero-order valence-electron chi connectivity index (χ0n) is 9.12. The summed E-state index contributed by atoms with van der Waals surface area (Å²) in [6.45, 7) is 3.86. The summed E-state index contributed by atoms with van der Waals surface area (Å²) in [5, 5.41) is 20.7. The van der Waals surface area contributed by atoms with Crippen molar-refractivity contribution >= 4 is 0 Å². The standard InChI is InChI=1S/C13H16O2/c1-8-9-4-3-5-10(9)11(14)12(2,15)13(8)6-7-13/h3-5,11,14-15H,6-7H2,1-2H3/t11-,12+/m1/s1. The average molecular weight is 204 g/mol. The fourth-order valence-corrected chi connectivity index (χ4v) is 3.22. The smallest absolute Gasteiger partial charge is 0.109 e. The number of rotatable bonds is 0. The van der Waals surface area contributed by atoms with Crippen molar-refractivity contribution in [1.29, 1.82) is 0 Å². The van der Waals surface area contributed by atoms with Crippen LogP contribution in [0.1, 0.15) is 26.7 Å². The molecule has 0 unspecified atom stereocenters. The van der Waals surface area contributed by atoms with E-state index in [0.717, 1.165) is 24.0 Å². The van der Waals surface area contributed by atoms with Gasteiger partial charge in [-0.2, -0.15) is 0 Å². The second kappa shape index (κ2) is 2.45. The van der Waals surface area contributed by atoms with Crippen LogP contribution in [0.25, 0.3) is 0 Å². The summed E-state index contributed by atoms with van der Waals surface area (Å²) in [7, 11) is 0. The summed E-state index contributed by atoms with van der Waals surface area (Å²) < 4.78 is 0. The van der Waals surface area contributed by atoms with Crippen LogP contribution in [0.4, 0.5) is 0 Å². The van der Waals surface area contributed by atoms with E-state index < -0.39 is 11.7 Å². The van der Waals surface area contributed by atoms with Crippen molar-refractivity contribution in [3.63, 3.8) is 0 Å². The highest BCUT2D eigenvalue weighted by molar-refractivity contribution is 5.59. The summed E-state index contributed by atoms with van der Waals surface area (Å²) in [5.74, 6) is 0. The number of allylic oxidation sites excluding steroid dienone is 3. The summed E-state index contributed by atoms with van der Waals surface area (Å²) in [5.41, 5.74) is 2.12. The van der Waals surface area contributed by atoms with Crippen LogP contribution in [-0.2, 0) is 0 Å². The maximum atomic E-state index is 10.5. The van der Waals surface area contributed by atoms with Gasteiger partial charge in [-0.25, -0.2) is 0 Å². The molecule has 0 aliphatic heterocycles. The average Bonchev–Trinajstić information content (AvgIpc) is 2.86. The summed E-state index contributed by atoms with van der Waals surface area (Å²) in [4.78, 5) is 0. The molecule has 1 fully saturated rings. The molecule has 1 saturated carbocycles. The molecule has 3 aliphatic carbocycles. The Morgan fingerprint density at radius 1 is 1.40 bits per heavy atom. The van der Waals surface area contributed by atoms with E-state index in [4.69, 9.17) is 0 Å². The second-order valence-electron chi connectivity index (χ2n) is 5.15. The zero-order valence-corrected chi connectivity index (χ0v) is 9.12. The van der Waals surface area contributed by atoms with Crippen LogP contribution in [-0.4, -0.2) is 21.9 Å². The van der Waals surface area contributed by atoms with Crippen LogP contribution in [0.15, 0.2) is 34.9 Å².